The molecule has 2 aromatic carbocycles. The molecule has 0 fully saturated rings. The first-order valence-electron chi connectivity index (χ1n) is 7.20. The third-order valence-electron chi connectivity index (χ3n) is 3.58. The zero-order valence-corrected chi connectivity index (χ0v) is 13.4. The Labute approximate surface area is 131 Å². The van der Waals surface area contributed by atoms with Crippen LogP contribution < -0.4 is 10.1 Å². The van der Waals surface area contributed by atoms with Crippen molar-refractivity contribution in [3.8, 4) is 5.75 Å². The summed E-state index contributed by atoms with van der Waals surface area (Å²) in [5.41, 5.74) is 4.81. The molecule has 2 aromatic rings. The van der Waals surface area contributed by atoms with Crippen LogP contribution in [0.15, 0.2) is 48.7 Å². The van der Waals surface area contributed by atoms with Crippen LogP contribution in [0.25, 0.3) is 0 Å². The molecule has 0 atom stereocenters. The van der Waals surface area contributed by atoms with E-state index in [4.69, 9.17) is 4.74 Å². The fourth-order valence-electron chi connectivity index (χ4n) is 2.18. The second-order valence-corrected chi connectivity index (χ2v) is 5.34. The standard InChI is InChI=1S/C19H21NO2/c1-13-5-6-14(2)17(11-13)19(21)9-10-20-18-12-16(22-4)8-7-15(18)3/h5-12,20H,1-4H3. The minimum absolute atomic E-state index is 0.00532. The molecule has 0 aliphatic rings. The molecule has 3 nitrogen and oxygen atoms in total. The third kappa shape index (κ3) is 3.76. The number of ketones is 1. The number of benzene rings is 2. The van der Waals surface area contributed by atoms with Crippen molar-refractivity contribution in [1.82, 2.24) is 0 Å². The minimum Gasteiger partial charge on any atom is -0.497 e. The molecule has 0 unspecified atom stereocenters. The van der Waals surface area contributed by atoms with Crippen molar-refractivity contribution in [3.63, 3.8) is 0 Å². The minimum atomic E-state index is -0.00532. The molecule has 0 saturated heterocycles. The number of rotatable bonds is 5. The number of allylic oxidation sites excluding steroid dienone is 1. The predicted octanol–water partition coefficient (Wildman–Crippen LogP) is 4.43. The van der Waals surface area contributed by atoms with E-state index < -0.39 is 0 Å². The molecule has 0 heterocycles. The van der Waals surface area contributed by atoms with Crippen LogP contribution in [0.5, 0.6) is 5.75 Å². The summed E-state index contributed by atoms with van der Waals surface area (Å²) >= 11 is 0. The maximum Gasteiger partial charge on any atom is 0.187 e. The largest absolute Gasteiger partial charge is 0.497 e. The van der Waals surface area contributed by atoms with Gasteiger partial charge in [-0.2, -0.15) is 0 Å². The van der Waals surface area contributed by atoms with E-state index in [0.29, 0.717) is 0 Å². The van der Waals surface area contributed by atoms with E-state index in [2.05, 4.69) is 5.32 Å². The Hall–Kier alpha value is -2.55. The first-order valence-corrected chi connectivity index (χ1v) is 7.20. The number of hydrogen-bond donors (Lipinski definition) is 1. The van der Waals surface area contributed by atoms with E-state index in [0.717, 1.165) is 33.7 Å². The molecule has 1 N–H and O–H groups in total. The monoisotopic (exact) mass is 295 g/mol. The smallest absolute Gasteiger partial charge is 0.187 e. The third-order valence-corrected chi connectivity index (χ3v) is 3.58. The molecule has 0 radical (unpaired) electrons. The van der Waals surface area contributed by atoms with Gasteiger partial charge in [0.2, 0.25) is 0 Å². The maximum absolute atomic E-state index is 12.3. The highest BCUT2D eigenvalue weighted by Gasteiger charge is 2.06. The Bertz CT molecular complexity index is 717. The van der Waals surface area contributed by atoms with E-state index in [1.165, 1.54) is 0 Å². The molecule has 3 heteroatoms. The molecule has 22 heavy (non-hydrogen) atoms. The molecular weight excluding hydrogens is 274 g/mol. The van der Waals surface area contributed by atoms with E-state index in [1.54, 1.807) is 19.4 Å². The summed E-state index contributed by atoms with van der Waals surface area (Å²) in [7, 11) is 1.63. The highest BCUT2D eigenvalue weighted by Crippen LogP contribution is 2.21. The van der Waals surface area contributed by atoms with Crippen molar-refractivity contribution in [1.29, 1.82) is 0 Å². The van der Waals surface area contributed by atoms with Gasteiger partial charge in [0.25, 0.3) is 0 Å². The van der Waals surface area contributed by atoms with Gasteiger partial charge in [-0.3, -0.25) is 4.79 Å². The van der Waals surface area contributed by atoms with Gasteiger partial charge >= 0.3 is 0 Å². The molecule has 0 saturated carbocycles. The first kappa shape index (κ1) is 15.8. The van der Waals surface area contributed by atoms with E-state index in [1.807, 2.05) is 57.2 Å². The second kappa shape index (κ2) is 6.94. The van der Waals surface area contributed by atoms with Crippen LogP contribution in [0.3, 0.4) is 0 Å². The number of methoxy groups -OCH3 is 1. The number of ether oxygens (including phenoxy) is 1. The Kier molecular flexibility index (Phi) is 4.99. The summed E-state index contributed by atoms with van der Waals surface area (Å²) in [6.45, 7) is 5.93. The summed E-state index contributed by atoms with van der Waals surface area (Å²) in [6.07, 6.45) is 3.23. The zero-order chi connectivity index (χ0) is 16.1. The average molecular weight is 295 g/mol. The summed E-state index contributed by atoms with van der Waals surface area (Å²) in [6, 6.07) is 11.7. The zero-order valence-electron chi connectivity index (χ0n) is 13.4. The molecule has 114 valence electrons. The highest BCUT2D eigenvalue weighted by molar-refractivity contribution is 6.05. The number of aryl methyl sites for hydroxylation is 3. The number of carbonyl (C=O) groups excluding carboxylic acids is 1. The fourth-order valence-corrected chi connectivity index (χ4v) is 2.18. The van der Waals surface area contributed by atoms with Gasteiger partial charge in [-0.25, -0.2) is 0 Å². The van der Waals surface area contributed by atoms with Crippen LogP contribution in [0.1, 0.15) is 27.0 Å². The maximum atomic E-state index is 12.3. The molecule has 0 aromatic heterocycles. The van der Waals surface area contributed by atoms with Gasteiger partial charge in [-0.15, -0.1) is 0 Å². The normalized spacial score (nSPS) is 10.7. The average Bonchev–Trinajstić information content (AvgIpc) is 2.51. The van der Waals surface area contributed by atoms with Crippen molar-refractivity contribution < 1.29 is 9.53 Å². The van der Waals surface area contributed by atoms with Crippen molar-refractivity contribution in [2.45, 2.75) is 20.8 Å². The number of anilines is 1. The quantitative estimate of drug-likeness (QED) is 0.655. The van der Waals surface area contributed by atoms with Gasteiger partial charge in [0.05, 0.1) is 7.11 Å². The molecule has 0 bridgehead atoms. The SMILES string of the molecule is COc1ccc(C)c(NC=CC(=O)c2cc(C)ccc2C)c1. The fraction of sp³-hybridized carbons (Fsp3) is 0.211. The Morgan fingerprint density at radius 3 is 2.50 bits per heavy atom. The van der Waals surface area contributed by atoms with Crippen molar-refractivity contribution in [3.05, 3.63) is 70.9 Å². The van der Waals surface area contributed by atoms with Gasteiger partial charge in [-0.05, 0) is 44.0 Å². The van der Waals surface area contributed by atoms with Gasteiger partial charge in [0, 0.05) is 29.6 Å². The lowest BCUT2D eigenvalue weighted by molar-refractivity contribution is 0.104. The number of nitrogens with one attached hydrogen (secondary N) is 1. The molecule has 0 amide bonds. The van der Waals surface area contributed by atoms with Gasteiger partial charge in [0.15, 0.2) is 5.78 Å². The topological polar surface area (TPSA) is 38.3 Å². The molecule has 0 spiro atoms. The van der Waals surface area contributed by atoms with E-state index in [-0.39, 0.29) is 5.78 Å². The van der Waals surface area contributed by atoms with Crippen molar-refractivity contribution >= 4 is 11.5 Å². The highest BCUT2D eigenvalue weighted by atomic mass is 16.5. The van der Waals surface area contributed by atoms with Gasteiger partial charge in [0.1, 0.15) is 5.75 Å². The Morgan fingerprint density at radius 2 is 1.77 bits per heavy atom. The number of carbonyl (C=O) groups is 1. The van der Waals surface area contributed by atoms with E-state index >= 15 is 0 Å². The first-order chi connectivity index (χ1) is 10.5. The number of hydrogen-bond acceptors (Lipinski definition) is 3. The van der Waals surface area contributed by atoms with E-state index in [9.17, 15) is 4.79 Å². The van der Waals surface area contributed by atoms with Crippen molar-refractivity contribution in [2.24, 2.45) is 0 Å². The summed E-state index contributed by atoms with van der Waals surface area (Å²) in [4.78, 5) is 12.3. The van der Waals surface area contributed by atoms with Crippen LogP contribution in [0.4, 0.5) is 5.69 Å². The summed E-state index contributed by atoms with van der Waals surface area (Å²) < 4.78 is 5.20. The second-order valence-electron chi connectivity index (χ2n) is 5.34. The Balaban J connectivity index is 2.12. The van der Waals surface area contributed by atoms with Gasteiger partial charge in [-0.1, -0.05) is 23.8 Å². The summed E-state index contributed by atoms with van der Waals surface area (Å²) in [5.74, 6) is 0.775. The lowest BCUT2D eigenvalue weighted by atomic mass is 10.0. The van der Waals surface area contributed by atoms with Crippen molar-refractivity contribution in [2.75, 3.05) is 12.4 Å². The van der Waals surface area contributed by atoms with Gasteiger partial charge < -0.3 is 10.1 Å². The summed E-state index contributed by atoms with van der Waals surface area (Å²) in [5, 5.41) is 3.14. The molecule has 0 aliphatic carbocycles. The molecule has 2 rings (SSSR count). The molecule has 0 aliphatic heterocycles. The Morgan fingerprint density at radius 1 is 1.05 bits per heavy atom. The van der Waals surface area contributed by atoms with Crippen LogP contribution in [-0.4, -0.2) is 12.9 Å². The lowest BCUT2D eigenvalue weighted by Gasteiger charge is -2.08. The molecular formula is C19H21NO2. The van der Waals surface area contributed by atoms with Crippen LogP contribution in [0.2, 0.25) is 0 Å². The predicted molar refractivity (Wildman–Crippen MR) is 90.7 cm³/mol. The van der Waals surface area contributed by atoms with Crippen LogP contribution in [-0.2, 0) is 0 Å². The van der Waals surface area contributed by atoms with Crippen LogP contribution in [0, 0.1) is 20.8 Å². The van der Waals surface area contributed by atoms with Crippen LogP contribution >= 0.6 is 0 Å². The lowest BCUT2D eigenvalue weighted by Crippen LogP contribution is -2.00.